The molecule has 2 aromatic rings. The summed E-state index contributed by atoms with van der Waals surface area (Å²) in [5, 5.41) is 1.14. The number of fused-ring (bicyclic) bond motifs is 1. The Balaban J connectivity index is 1.39. The van der Waals surface area contributed by atoms with E-state index in [0.29, 0.717) is 6.04 Å². The van der Waals surface area contributed by atoms with E-state index in [9.17, 15) is 0 Å². The molecule has 130 valence electrons. The molecular formula is C18H28N6. The van der Waals surface area contributed by atoms with Crippen LogP contribution in [0.1, 0.15) is 19.8 Å². The Morgan fingerprint density at radius 2 is 1.83 bits per heavy atom. The molecule has 0 bridgehead atoms. The summed E-state index contributed by atoms with van der Waals surface area (Å²) in [6.07, 6.45) is 6.13. The third kappa shape index (κ3) is 3.00. The number of rotatable bonds is 3. The van der Waals surface area contributed by atoms with Gasteiger partial charge in [-0.15, -0.1) is 0 Å². The van der Waals surface area contributed by atoms with E-state index >= 15 is 0 Å². The van der Waals surface area contributed by atoms with Crippen LogP contribution in [0.15, 0.2) is 18.6 Å². The van der Waals surface area contributed by atoms with Gasteiger partial charge in [0.15, 0.2) is 0 Å². The topological polar surface area (TPSA) is 51.3 Å². The summed E-state index contributed by atoms with van der Waals surface area (Å²) in [4.78, 5) is 19.6. The van der Waals surface area contributed by atoms with Crippen LogP contribution in [0.25, 0.3) is 11.0 Å². The zero-order valence-corrected chi connectivity index (χ0v) is 14.8. The Kier molecular flexibility index (Phi) is 4.41. The lowest BCUT2D eigenvalue weighted by molar-refractivity contribution is 0.0813. The van der Waals surface area contributed by atoms with Gasteiger partial charge in [-0.05, 0) is 38.8 Å². The first kappa shape index (κ1) is 15.8. The van der Waals surface area contributed by atoms with Gasteiger partial charge >= 0.3 is 0 Å². The van der Waals surface area contributed by atoms with Crippen LogP contribution in [0.3, 0.4) is 0 Å². The fourth-order valence-corrected chi connectivity index (χ4v) is 4.23. The normalized spacial score (nSPS) is 23.0. The number of nitrogens with zero attached hydrogens (tertiary/aromatic N) is 5. The molecule has 0 amide bonds. The minimum atomic E-state index is 0.693. The fourth-order valence-electron chi connectivity index (χ4n) is 4.23. The first-order valence-electron chi connectivity index (χ1n) is 9.18. The number of H-pyrrole nitrogens is 1. The summed E-state index contributed by atoms with van der Waals surface area (Å²) in [5.74, 6) is 1.89. The number of aromatic amines is 1. The lowest BCUT2D eigenvalue weighted by Crippen LogP contribution is -2.51. The average molecular weight is 328 g/mol. The molecule has 0 saturated carbocycles. The van der Waals surface area contributed by atoms with Crippen LogP contribution in [0.4, 0.5) is 5.82 Å². The molecule has 1 atom stereocenters. The van der Waals surface area contributed by atoms with Crippen molar-refractivity contribution in [3.63, 3.8) is 0 Å². The molecular weight excluding hydrogens is 300 g/mol. The third-order valence-corrected chi connectivity index (χ3v) is 5.97. The zero-order valence-electron chi connectivity index (χ0n) is 14.8. The number of nitrogens with one attached hydrogen (secondary N) is 1. The highest BCUT2D eigenvalue weighted by Crippen LogP contribution is 2.29. The zero-order chi connectivity index (χ0) is 16.5. The van der Waals surface area contributed by atoms with Gasteiger partial charge in [-0.1, -0.05) is 0 Å². The predicted octanol–water partition coefficient (Wildman–Crippen LogP) is 1.81. The molecule has 2 aliphatic rings. The minimum Gasteiger partial charge on any atom is -0.356 e. The monoisotopic (exact) mass is 328 g/mol. The van der Waals surface area contributed by atoms with Crippen molar-refractivity contribution in [3.05, 3.63) is 18.6 Å². The number of likely N-dealkylation sites (N-methyl/N-ethyl adjacent to an activating group) is 1. The van der Waals surface area contributed by atoms with E-state index in [1.165, 1.54) is 39.0 Å². The Labute approximate surface area is 143 Å². The number of piperazine rings is 1. The van der Waals surface area contributed by atoms with Crippen LogP contribution in [0.5, 0.6) is 0 Å². The SMILES string of the molecule is C[C@H](C1CCN(c2ncnc3[nH]ccc23)CC1)N1CCN(C)CC1. The Hall–Kier alpha value is -1.66. The fraction of sp³-hybridized carbons (Fsp3) is 0.667. The molecule has 0 unspecified atom stereocenters. The van der Waals surface area contributed by atoms with Crippen molar-refractivity contribution in [2.45, 2.75) is 25.8 Å². The molecule has 0 aromatic carbocycles. The quantitative estimate of drug-likeness (QED) is 0.931. The predicted molar refractivity (Wildman–Crippen MR) is 97.4 cm³/mol. The summed E-state index contributed by atoms with van der Waals surface area (Å²) in [5.41, 5.74) is 0.938. The molecule has 2 aliphatic heterocycles. The lowest BCUT2D eigenvalue weighted by Gasteiger charge is -2.43. The van der Waals surface area contributed by atoms with Gasteiger partial charge in [0, 0.05) is 51.5 Å². The van der Waals surface area contributed by atoms with Gasteiger partial charge in [0.1, 0.15) is 17.8 Å². The summed E-state index contributed by atoms with van der Waals surface area (Å²) < 4.78 is 0. The molecule has 2 fully saturated rings. The maximum absolute atomic E-state index is 4.55. The second kappa shape index (κ2) is 6.69. The number of piperidine rings is 1. The van der Waals surface area contributed by atoms with Crippen LogP contribution in [0, 0.1) is 5.92 Å². The lowest BCUT2D eigenvalue weighted by atomic mass is 9.89. The third-order valence-electron chi connectivity index (χ3n) is 5.97. The van der Waals surface area contributed by atoms with E-state index < -0.39 is 0 Å². The van der Waals surface area contributed by atoms with Gasteiger partial charge in [0.2, 0.25) is 0 Å². The van der Waals surface area contributed by atoms with Gasteiger partial charge in [0.05, 0.1) is 5.39 Å². The molecule has 4 heterocycles. The van der Waals surface area contributed by atoms with E-state index in [4.69, 9.17) is 0 Å². The van der Waals surface area contributed by atoms with Crippen molar-refractivity contribution in [1.82, 2.24) is 24.8 Å². The van der Waals surface area contributed by atoms with Crippen LogP contribution in [-0.2, 0) is 0 Å². The molecule has 6 heteroatoms. The Bertz CT molecular complexity index is 667. The molecule has 6 nitrogen and oxygen atoms in total. The first-order valence-corrected chi connectivity index (χ1v) is 9.18. The van der Waals surface area contributed by atoms with Crippen molar-refractivity contribution < 1.29 is 0 Å². The van der Waals surface area contributed by atoms with Gasteiger partial charge in [-0.2, -0.15) is 0 Å². The van der Waals surface area contributed by atoms with Crippen LogP contribution >= 0.6 is 0 Å². The molecule has 2 aromatic heterocycles. The van der Waals surface area contributed by atoms with E-state index in [-0.39, 0.29) is 0 Å². The Morgan fingerprint density at radius 3 is 2.58 bits per heavy atom. The second-order valence-electron chi connectivity index (χ2n) is 7.34. The molecule has 24 heavy (non-hydrogen) atoms. The Morgan fingerprint density at radius 1 is 1.08 bits per heavy atom. The highest BCUT2D eigenvalue weighted by molar-refractivity contribution is 5.87. The van der Waals surface area contributed by atoms with Crippen LogP contribution in [0.2, 0.25) is 0 Å². The largest absolute Gasteiger partial charge is 0.356 e. The van der Waals surface area contributed by atoms with Crippen molar-refractivity contribution >= 4 is 16.9 Å². The van der Waals surface area contributed by atoms with Crippen molar-refractivity contribution in [2.24, 2.45) is 5.92 Å². The van der Waals surface area contributed by atoms with E-state index in [0.717, 1.165) is 35.9 Å². The highest BCUT2D eigenvalue weighted by Gasteiger charge is 2.29. The summed E-state index contributed by atoms with van der Waals surface area (Å²) >= 11 is 0. The molecule has 2 saturated heterocycles. The molecule has 0 aliphatic carbocycles. The second-order valence-corrected chi connectivity index (χ2v) is 7.34. The minimum absolute atomic E-state index is 0.693. The smallest absolute Gasteiger partial charge is 0.142 e. The number of anilines is 1. The van der Waals surface area contributed by atoms with Crippen molar-refractivity contribution in [2.75, 3.05) is 51.2 Å². The summed E-state index contributed by atoms with van der Waals surface area (Å²) in [6, 6.07) is 2.78. The van der Waals surface area contributed by atoms with Gasteiger partial charge in [-0.25, -0.2) is 9.97 Å². The average Bonchev–Trinajstić information content (AvgIpc) is 3.11. The highest BCUT2D eigenvalue weighted by atomic mass is 15.3. The van der Waals surface area contributed by atoms with Gasteiger partial charge < -0.3 is 14.8 Å². The van der Waals surface area contributed by atoms with Crippen LogP contribution < -0.4 is 4.90 Å². The molecule has 1 N–H and O–H groups in total. The maximum atomic E-state index is 4.55. The van der Waals surface area contributed by atoms with Crippen molar-refractivity contribution in [1.29, 1.82) is 0 Å². The van der Waals surface area contributed by atoms with E-state index in [1.807, 2.05) is 6.20 Å². The van der Waals surface area contributed by atoms with E-state index in [1.54, 1.807) is 6.33 Å². The van der Waals surface area contributed by atoms with Crippen molar-refractivity contribution in [3.8, 4) is 0 Å². The van der Waals surface area contributed by atoms with Crippen LogP contribution in [-0.4, -0.2) is 77.1 Å². The first-order chi connectivity index (χ1) is 11.7. The standard InChI is InChI=1S/C18H28N6/c1-14(23-11-9-22(2)10-12-23)15-4-7-24(8-5-15)18-16-3-6-19-17(16)20-13-21-18/h3,6,13-15H,4-5,7-12H2,1-2H3,(H,19,20,21)/t14-/m1/s1. The van der Waals surface area contributed by atoms with Gasteiger partial charge in [0.25, 0.3) is 0 Å². The number of aromatic nitrogens is 3. The summed E-state index contributed by atoms with van der Waals surface area (Å²) in [7, 11) is 2.23. The number of hydrogen-bond acceptors (Lipinski definition) is 5. The molecule has 0 spiro atoms. The maximum Gasteiger partial charge on any atom is 0.142 e. The van der Waals surface area contributed by atoms with E-state index in [2.05, 4.69) is 49.7 Å². The summed E-state index contributed by atoms with van der Waals surface area (Å²) in [6.45, 7) is 9.47. The molecule has 4 rings (SSSR count). The molecule has 0 radical (unpaired) electrons. The van der Waals surface area contributed by atoms with Gasteiger partial charge in [-0.3, -0.25) is 4.90 Å². The number of hydrogen-bond donors (Lipinski definition) is 1.